The number of carbonyl (C=O) groups is 1. The number of rotatable bonds is 2. The third-order valence-electron chi connectivity index (χ3n) is 2.31. The zero-order chi connectivity index (χ0) is 11.7. The number of aliphatic carboxylic acids is 1. The fourth-order valence-electron chi connectivity index (χ4n) is 1.57. The lowest BCUT2D eigenvalue weighted by atomic mass is 10.0. The summed E-state index contributed by atoms with van der Waals surface area (Å²) in [6.45, 7) is 0.0496. The molecule has 1 aromatic carbocycles. The molecule has 0 fully saturated rings. The van der Waals surface area contributed by atoms with Gasteiger partial charge in [0.25, 0.3) is 0 Å². The second kappa shape index (κ2) is 4.07. The quantitative estimate of drug-likeness (QED) is 0.783. The standard InChI is InChI=1S/C10H9FO5/c11-6-1-2-7-5(3-15-4-16-7)8(6)9(12)10(13)14/h1-2,9,12H,3-4H2,(H,13,14). The topological polar surface area (TPSA) is 76.0 Å². The van der Waals surface area contributed by atoms with Crippen LogP contribution in [0, 0.1) is 5.82 Å². The van der Waals surface area contributed by atoms with Gasteiger partial charge >= 0.3 is 5.97 Å². The van der Waals surface area contributed by atoms with Crippen molar-refractivity contribution in [2.75, 3.05) is 6.79 Å². The third-order valence-corrected chi connectivity index (χ3v) is 2.31. The lowest BCUT2D eigenvalue weighted by molar-refractivity contribution is -0.147. The molecule has 1 atom stereocenters. The Balaban J connectivity index is 2.53. The summed E-state index contributed by atoms with van der Waals surface area (Å²) in [5, 5.41) is 18.0. The third kappa shape index (κ3) is 1.72. The number of hydrogen-bond acceptors (Lipinski definition) is 4. The molecule has 1 heterocycles. The first-order valence-electron chi connectivity index (χ1n) is 4.54. The normalized spacial score (nSPS) is 16.1. The molecule has 0 radical (unpaired) electrons. The van der Waals surface area contributed by atoms with Crippen LogP contribution in [0.3, 0.4) is 0 Å². The fraction of sp³-hybridized carbons (Fsp3) is 0.300. The average Bonchev–Trinajstić information content (AvgIpc) is 2.28. The highest BCUT2D eigenvalue weighted by molar-refractivity contribution is 5.75. The summed E-state index contributed by atoms with van der Waals surface area (Å²) >= 11 is 0. The van der Waals surface area contributed by atoms with Gasteiger partial charge in [-0.15, -0.1) is 0 Å². The van der Waals surface area contributed by atoms with E-state index in [0.717, 1.165) is 6.07 Å². The molecule has 0 bridgehead atoms. The van der Waals surface area contributed by atoms with Crippen molar-refractivity contribution in [2.24, 2.45) is 0 Å². The van der Waals surface area contributed by atoms with Crippen LogP contribution in [0.25, 0.3) is 0 Å². The van der Waals surface area contributed by atoms with E-state index in [1.165, 1.54) is 6.07 Å². The Morgan fingerprint density at radius 2 is 2.25 bits per heavy atom. The highest BCUT2D eigenvalue weighted by Crippen LogP contribution is 2.32. The highest BCUT2D eigenvalue weighted by Gasteiger charge is 2.27. The SMILES string of the molecule is O=C(O)C(O)c1c(F)ccc2c1COCO2. The van der Waals surface area contributed by atoms with Crippen molar-refractivity contribution in [2.45, 2.75) is 12.7 Å². The number of carboxylic acid groups (broad SMARTS) is 1. The van der Waals surface area contributed by atoms with E-state index in [0.29, 0.717) is 5.75 Å². The number of hydrogen-bond donors (Lipinski definition) is 2. The molecule has 6 heteroatoms. The second-order valence-corrected chi connectivity index (χ2v) is 3.29. The van der Waals surface area contributed by atoms with Gasteiger partial charge in [-0.3, -0.25) is 0 Å². The van der Waals surface area contributed by atoms with Crippen molar-refractivity contribution in [1.29, 1.82) is 0 Å². The van der Waals surface area contributed by atoms with Crippen LogP contribution in [0.15, 0.2) is 12.1 Å². The van der Waals surface area contributed by atoms with Gasteiger partial charge in [0.15, 0.2) is 12.9 Å². The van der Waals surface area contributed by atoms with E-state index in [1.807, 2.05) is 0 Å². The Morgan fingerprint density at radius 3 is 2.94 bits per heavy atom. The van der Waals surface area contributed by atoms with E-state index < -0.39 is 17.9 Å². The Morgan fingerprint density at radius 1 is 1.50 bits per heavy atom. The van der Waals surface area contributed by atoms with Crippen molar-refractivity contribution >= 4 is 5.97 Å². The summed E-state index contributed by atoms with van der Waals surface area (Å²) in [5.74, 6) is -1.97. The summed E-state index contributed by atoms with van der Waals surface area (Å²) in [4.78, 5) is 10.6. The maximum Gasteiger partial charge on any atom is 0.337 e. The van der Waals surface area contributed by atoms with Crippen molar-refractivity contribution in [1.82, 2.24) is 0 Å². The number of fused-ring (bicyclic) bond motifs is 1. The van der Waals surface area contributed by atoms with Crippen LogP contribution in [0.4, 0.5) is 4.39 Å². The molecule has 1 aliphatic heterocycles. The zero-order valence-corrected chi connectivity index (χ0v) is 8.14. The molecular formula is C10H9FO5. The first-order chi connectivity index (χ1) is 7.61. The van der Waals surface area contributed by atoms with Crippen LogP contribution in [-0.4, -0.2) is 23.0 Å². The molecule has 0 saturated heterocycles. The van der Waals surface area contributed by atoms with Crippen molar-refractivity contribution < 1.29 is 28.9 Å². The molecule has 1 aromatic rings. The molecular weight excluding hydrogens is 219 g/mol. The molecule has 16 heavy (non-hydrogen) atoms. The van der Waals surface area contributed by atoms with Crippen molar-refractivity contribution in [3.05, 3.63) is 29.1 Å². The van der Waals surface area contributed by atoms with E-state index >= 15 is 0 Å². The summed E-state index contributed by atoms with van der Waals surface area (Å²) in [6, 6.07) is 2.44. The number of halogens is 1. The fourth-order valence-corrected chi connectivity index (χ4v) is 1.57. The molecule has 0 aliphatic carbocycles. The van der Waals surface area contributed by atoms with E-state index in [1.54, 1.807) is 0 Å². The highest BCUT2D eigenvalue weighted by atomic mass is 19.1. The Labute approximate surface area is 90.0 Å². The Hall–Kier alpha value is -1.66. The van der Waals surface area contributed by atoms with Gasteiger partial charge in [-0.05, 0) is 12.1 Å². The monoisotopic (exact) mass is 228 g/mol. The largest absolute Gasteiger partial charge is 0.479 e. The average molecular weight is 228 g/mol. The minimum absolute atomic E-state index is 0.0206. The number of aliphatic hydroxyl groups excluding tert-OH is 1. The maximum atomic E-state index is 13.5. The number of carboxylic acids is 1. The minimum Gasteiger partial charge on any atom is -0.479 e. The van der Waals surface area contributed by atoms with Gasteiger partial charge in [0.1, 0.15) is 11.6 Å². The summed E-state index contributed by atoms with van der Waals surface area (Å²) < 4.78 is 23.4. The van der Waals surface area contributed by atoms with Crippen LogP contribution >= 0.6 is 0 Å². The summed E-state index contributed by atoms with van der Waals surface area (Å²) in [7, 11) is 0. The van der Waals surface area contributed by atoms with Gasteiger partial charge in [0, 0.05) is 11.1 Å². The van der Waals surface area contributed by atoms with Crippen LogP contribution in [-0.2, 0) is 16.1 Å². The second-order valence-electron chi connectivity index (χ2n) is 3.29. The first kappa shape index (κ1) is 10.8. The molecule has 86 valence electrons. The molecule has 2 N–H and O–H groups in total. The molecule has 5 nitrogen and oxygen atoms in total. The first-order valence-corrected chi connectivity index (χ1v) is 4.54. The zero-order valence-electron chi connectivity index (χ0n) is 8.14. The Bertz CT molecular complexity index is 431. The smallest absolute Gasteiger partial charge is 0.337 e. The molecule has 0 amide bonds. The number of aliphatic hydroxyl groups is 1. The van der Waals surface area contributed by atoms with Crippen molar-refractivity contribution in [3.63, 3.8) is 0 Å². The summed E-state index contributed by atoms with van der Waals surface area (Å²) in [5.41, 5.74) is -0.0640. The minimum atomic E-state index is -1.92. The van der Waals surface area contributed by atoms with Gasteiger partial charge < -0.3 is 19.7 Å². The van der Waals surface area contributed by atoms with Gasteiger partial charge in [0.05, 0.1) is 6.61 Å². The van der Waals surface area contributed by atoms with Gasteiger partial charge in [0.2, 0.25) is 0 Å². The van der Waals surface area contributed by atoms with Gasteiger partial charge in [-0.2, -0.15) is 0 Å². The molecule has 0 spiro atoms. The molecule has 1 unspecified atom stereocenters. The predicted octanol–water partition coefficient (Wildman–Crippen LogP) is 0.810. The van der Waals surface area contributed by atoms with E-state index in [2.05, 4.69) is 0 Å². The molecule has 0 aromatic heterocycles. The van der Waals surface area contributed by atoms with E-state index in [4.69, 9.17) is 14.6 Å². The molecule has 2 rings (SSSR count). The van der Waals surface area contributed by atoms with Crippen LogP contribution in [0.2, 0.25) is 0 Å². The maximum absolute atomic E-state index is 13.5. The Kier molecular flexibility index (Phi) is 2.76. The van der Waals surface area contributed by atoms with E-state index in [-0.39, 0.29) is 24.5 Å². The van der Waals surface area contributed by atoms with Gasteiger partial charge in [-0.25, -0.2) is 9.18 Å². The van der Waals surface area contributed by atoms with Crippen LogP contribution < -0.4 is 4.74 Å². The van der Waals surface area contributed by atoms with Crippen LogP contribution in [0.5, 0.6) is 5.75 Å². The van der Waals surface area contributed by atoms with Crippen LogP contribution in [0.1, 0.15) is 17.2 Å². The lowest BCUT2D eigenvalue weighted by Gasteiger charge is -2.21. The lowest BCUT2D eigenvalue weighted by Crippen LogP contribution is -2.19. The molecule has 1 aliphatic rings. The summed E-state index contributed by atoms with van der Waals surface area (Å²) in [6.07, 6.45) is -1.92. The van der Waals surface area contributed by atoms with Crippen molar-refractivity contribution in [3.8, 4) is 5.75 Å². The number of benzene rings is 1. The van der Waals surface area contributed by atoms with E-state index in [9.17, 15) is 14.3 Å². The molecule has 0 saturated carbocycles. The number of ether oxygens (including phenoxy) is 2. The predicted molar refractivity (Wildman–Crippen MR) is 49.3 cm³/mol. The van der Waals surface area contributed by atoms with Gasteiger partial charge in [-0.1, -0.05) is 0 Å².